The molecule has 0 unspecified atom stereocenters. The highest BCUT2D eigenvalue weighted by Crippen LogP contribution is 2.39. The summed E-state index contributed by atoms with van der Waals surface area (Å²) in [5, 5.41) is 28.7. The van der Waals surface area contributed by atoms with Crippen LogP contribution in [0.3, 0.4) is 0 Å². The average Bonchev–Trinajstić information content (AvgIpc) is 2.89. The number of nitrogens with zero attached hydrogens (tertiary/aromatic N) is 3. The molecule has 128 valence electrons. The summed E-state index contributed by atoms with van der Waals surface area (Å²) in [6, 6.07) is 13.9. The molecule has 0 amide bonds. The molecule has 0 aliphatic rings. The van der Waals surface area contributed by atoms with Gasteiger partial charge in [-0.05, 0) is 30.7 Å². The van der Waals surface area contributed by atoms with Gasteiger partial charge in [0, 0.05) is 11.9 Å². The van der Waals surface area contributed by atoms with Crippen molar-refractivity contribution in [2.24, 2.45) is 10.2 Å². The molecule has 0 aliphatic heterocycles. The standard InChI is InChI=1S/C19H19N3O3/c1-2-3-11-22-16-10-5-4-9-15(16)17(18(22)23)21-20-14-8-6-7-13(12-14)19(24)25/h4-10,12,23H,2-3,11H2,1H3,(H,24,25). The number of carboxylic acids is 1. The number of aromatic hydroxyl groups is 1. The first-order valence-electron chi connectivity index (χ1n) is 8.17. The van der Waals surface area contributed by atoms with Crippen LogP contribution in [0.2, 0.25) is 0 Å². The number of aromatic nitrogens is 1. The third kappa shape index (κ3) is 3.38. The number of azo groups is 1. The van der Waals surface area contributed by atoms with Gasteiger partial charge in [0.2, 0.25) is 5.88 Å². The Labute approximate surface area is 145 Å². The molecule has 25 heavy (non-hydrogen) atoms. The molecule has 0 saturated heterocycles. The molecule has 6 heteroatoms. The first-order valence-corrected chi connectivity index (χ1v) is 8.17. The average molecular weight is 337 g/mol. The maximum Gasteiger partial charge on any atom is 0.335 e. The molecule has 0 atom stereocenters. The number of carboxylic acid groups (broad SMARTS) is 1. The van der Waals surface area contributed by atoms with Gasteiger partial charge in [-0.15, -0.1) is 5.11 Å². The first-order chi connectivity index (χ1) is 12.1. The number of carbonyl (C=O) groups is 1. The number of aromatic carboxylic acids is 1. The van der Waals surface area contributed by atoms with Crippen LogP contribution in [-0.4, -0.2) is 20.7 Å². The summed E-state index contributed by atoms with van der Waals surface area (Å²) in [5.74, 6) is -0.941. The zero-order chi connectivity index (χ0) is 17.8. The van der Waals surface area contributed by atoms with Crippen LogP contribution >= 0.6 is 0 Å². The Balaban J connectivity index is 2.02. The summed E-state index contributed by atoms with van der Waals surface area (Å²) in [6.45, 7) is 2.80. The van der Waals surface area contributed by atoms with E-state index in [1.54, 1.807) is 12.1 Å². The minimum Gasteiger partial charge on any atom is -0.493 e. The van der Waals surface area contributed by atoms with Gasteiger partial charge in [-0.3, -0.25) is 0 Å². The summed E-state index contributed by atoms with van der Waals surface area (Å²) in [7, 11) is 0. The second-order valence-corrected chi connectivity index (χ2v) is 5.75. The van der Waals surface area contributed by atoms with E-state index in [0.717, 1.165) is 23.7 Å². The Hall–Kier alpha value is -3.15. The molecule has 3 rings (SSSR count). The van der Waals surface area contributed by atoms with E-state index in [0.29, 0.717) is 17.9 Å². The monoisotopic (exact) mass is 337 g/mol. The summed E-state index contributed by atoms with van der Waals surface area (Å²) < 4.78 is 1.83. The normalized spacial score (nSPS) is 11.4. The van der Waals surface area contributed by atoms with Crippen LogP contribution in [0.25, 0.3) is 10.9 Å². The van der Waals surface area contributed by atoms with Crippen LogP contribution in [0, 0.1) is 0 Å². The van der Waals surface area contributed by atoms with Crippen molar-refractivity contribution >= 4 is 28.2 Å². The smallest absolute Gasteiger partial charge is 0.335 e. The van der Waals surface area contributed by atoms with E-state index in [2.05, 4.69) is 17.2 Å². The van der Waals surface area contributed by atoms with Crippen LogP contribution in [0.4, 0.5) is 11.4 Å². The molecule has 0 bridgehead atoms. The van der Waals surface area contributed by atoms with Crippen molar-refractivity contribution in [3.8, 4) is 5.88 Å². The zero-order valence-corrected chi connectivity index (χ0v) is 13.9. The molecule has 0 fully saturated rings. The molecule has 3 aromatic rings. The Kier molecular flexibility index (Phi) is 4.79. The number of rotatable bonds is 6. The largest absolute Gasteiger partial charge is 0.493 e. The maximum atomic E-state index is 11.0. The second kappa shape index (κ2) is 7.17. The fourth-order valence-electron chi connectivity index (χ4n) is 2.72. The Morgan fingerprint density at radius 3 is 2.68 bits per heavy atom. The van der Waals surface area contributed by atoms with E-state index < -0.39 is 5.97 Å². The van der Waals surface area contributed by atoms with Crippen LogP contribution in [0.1, 0.15) is 30.1 Å². The van der Waals surface area contributed by atoms with Gasteiger partial charge >= 0.3 is 5.97 Å². The van der Waals surface area contributed by atoms with Gasteiger partial charge in [0.1, 0.15) is 0 Å². The number of aryl methyl sites for hydroxylation is 1. The molecule has 0 radical (unpaired) electrons. The van der Waals surface area contributed by atoms with Crippen molar-refractivity contribution in [3.05, 3.63) is 54.1 Å². The van der Waals surface area contributed by atoms with Crippen molar-refractivity contribution in [1.29, 1.82) is 0 Å². The minimum atomic E-state index is -1.02. The third-order valence-electron chi connectivity index (χ3n) is 4.01. The number of benzene rings is 2. The lowest BCUT2D eigenvalue weighted by molar-refractivity contribution is 0.0697. The van der Waals surface area contributed by atoms with Crippen LogP contribution in [0.15, 0.2) is 58.8 Å². The number of hydrogen-bond donors (Lipinski definition) is 2. The van der Waals surface area contributed by atoms with Crippen LogP contribution in [0.5, 0.6) is 5.88 Å². The molecule has 6 nitrogen and oxygen atoms in total. The number of fused-ring (bicyclic) bond motifs is 1. The number of para-hydroxylation sites is 1. The van der Waals surface area contributed by atoms with E-state index in [4.69, 9.17) is 5.11 Å². The van der Waals surface area contributed by atoms with Gasteiger partial charge in [0.15, 0.2) is 5.69 Å². The molecule has 0 spiro atoms. The van der Waals surface area contributed by atoms with Crippen LogP contribution < -0.4 is 0 Å². The van der Waals surface area contributed by atoms with Crippen molar-refractivity contribution in [2.45, 2.75) is 26.3 Å². The van der Waals surface area contributed by atoms with E-state index in [-0.39, 0.29) is 11.4 Å². The molecule has 0 saturated carbocycles. The third-order valence-corrected chi connectivity index (χ3v) is 4.01. The van der Waals surface area contributed by atoms with E-state index in [1.807, 2.05) is 28.8 Å². The number of unbranched alkanes of at least 4 members (excludes halogenated alkanes) is 1. The van der Waals surface area contributed by atoms with Crippen molar-refractivity contribution < 1.29 is 15.0 Å². The van der Waals surface area contributed by atoms with E-state index >= 15 is 0 Å². The highest BCUT2D eigenvalue weighted by Gasteiger charge is 2.15. The SMILES string of the molecule is CCCCn1c(O)c(N=Nc2cccc(C(=O)O)c2)c2ccccc21. The van der Waals surface area contributed by atoms with Crippen molar-refractivity contribution in [2.75, 3.05) is 0 Å². The lowest BCUT2D eigenvalue weighted by atomic mass is 10.2. The van der Waals surface area contributed by atoms with E-state index in [1.165, 1.54) is 12.1 Å². The molecular formula is C19H19N3O3. The molecule has 0 aliphatic carbocycles. The predicted octanol–water partition coefficient (Wildman–Crippen LogP) is 5.26. The molecule has 2 aromatic carbocycles. The lowest BCUT2D eigenvalue weighted by Gasteiger charge is -2.05. The molecule has 1 aromatic heterocycles. The fraction of sp³-hybridized carbons (Fsp3) is 0.211. The number of hydrogen-bond acceptors (Lipinski definition) is 4. The minimum absolute atomic E-state index is 0.0767. The first kappa shape index (κ1) is 16.7. The highest BCUT2D eigenvalue weighted by molar-refractivity contribution is 5.95. The highest BCUT2D eigenvalue weighted by atomic mass is 16.4. The van der Waals surface area contributed by atoms with Gasteiger partial charge in [-0.1, -0.05) is 37.6 Å². The zero-order valence-electron chi connectivity index (χ0n) is 13.9. The second-order valence-electron chi connectivity index (χ2n) is 5.75. The summed E-state index contributed by atoms with van der Waals surface area (Å²) in [4.78, 5) is 11.0. The van der Waals surface area contributed by atoms with Gasteiger partial charge in [0.25, 0.3) is 0 Å². The summed E-state index contributed by atoms with van der Waals surface area (Å²) in [6.07, 6.45) is 1.97. The van der Waals surface area contributed by atoms with Gasteiger partial charge in [-0.25, -0.2) is 4.79 Å². The van der Waals surface area contributed by atoms with Crippen molar-refractivity contribution in [1.82, 2.24) is 4.57 Å². The Bertz CT molecular complexity index is 944. The topological polar surface area (TPSA) is 87.2 Å². The van der Waals surface area contributed by atoms with Gasteiger partial charge < -0.3 is 14.8 Å². The maximum absolute atomic E-state index is 11.0. The Morgan fingerprint density at radius 2 is 1.92 bits per heavy atom. The summed E-state index contributed by atoms with van der Waals surface area (Å²) in [5.41, 5.74) is 1.87. The fourth-order valence-corrected chi connectivity index (χ4v) is 2.72. The molecule has 1 heterocycles. The predicted molar refractivity (Wildman–Crippen MR) is 96.1 cm³/mol. The lowest BCUT2D eigenvalue weighted by Crippen LogP contribution is -1.96. The molecule has 2 N–H and O–H groups in total. The van der Waals surface area contributed by atoms with Crippen LogP contribution in [-0.2, 0) is 6.54 Å². The Morgan fingerprint density at radius 1 is 1.12 bits per heavy atom. The van der Waals surface area contributed by atoms with Crippen molar-refractivity contribution in [3.63, 3.8) is 0 Å². The van der Waals surface area contributed by atoms with Gasteiger partial charge in [0.05, 0.1) is 16.8 Å². The summed E-state index contributed by atoms with van der Waals surface area (Å²) >= 11 is 0. The quantitative estimate of drug-likeness (QED) is 0.601. The van der Waals surface area contributed by atoms with E-state index in [9.17, 15) is 9.90 Å². The van der Waals surface area contributed by atoms with Gasteiger partial charge in [-0.2, -0.15) is 5.11 Å². The molecular weight excluding hydrogens is 318 g/mol.